The molecule has 0 aliphatic carbocycles. The minimum atomic E-state index is -0.278. The highest BCUT2D eigenvalue weighted by Gasteiger charge is 2.43. The van der Waals surface area contributed by atoms with E-state index in [0.29, 0.717) is 16.6 Å². The molecule has 1 saturated heterocycles. The van der Waals surface area contributed by atoms with Gasteiger partial charge in [0, 0.05) is 29.3 Å². The Morgan fingerprint density at radius 1 is 0.972 bits per heavy atom. The molecule has 0 amide bonds. The van der Waals surface area contributed by atoms with Crippen LogP contribution in [0.3, 0.4) is 0 Å². The number of nitrogens with zero attached hydrogens (tertiary/aromatic N) is 3. The first-order valence-corrected chi connectivity index (χ1v) is 12.0. The average molecular weight is 503 g/mol. The van der Waals surface area contributed by atoms with Gasteiger partial charge in [-0.1, -0.05) is 12.1 Å². The minimum Gasteiger partial charge on any atom is -0.497 e. The summed E-state index contributed by atoms with van der Waals surface area (Å²) < 4.78 is 27.4. The van der Waals surface area contributed by atoms with Crippen molar-refractivity contribution in [3.8, 4) is 17.2 Å². The number of hydrogen-bond donors (Lipinski definition) is 1. The summed E-state index contributed by atoms with van der Waals surface area (Å²) >= 11 is 5.89. The fourth-order valence-corrected chi connectivity index (χ4v) is 5.35. The Morgan fingerprint density at radius 3 is 2.50 bits per heavy atom. The number of thiocarbonyl (C=S) groups is 1. The van der Waals surface area contributed by atoms with Gasteiger partial charge >= 0.3 is 0 Å². The van der Waals surface area contributed by atoms with Gasteiger partial charge in [-0.15, -0.1) is 0 Å². The van der Waals surface area contributed by atoms with Crippen molar-refractivity contribution in [3.63, 3.8) is 0 Å². The average Bonchev–Trinajstić information content (AvgIpc) is 3.38. The topological polar surface area (TPSA) is 51.6 Å². The number of aromatic nitrogens is 2. The molecule has 5 rings (SSSR count). The second kappa shape index (κ2) is 9.62. The summed E-state index contributed by atoms with van der Waals surface area (Å²) in [5.41, 5.74) is 5.44. The highest BCUT2D eigenvalue weighted by atomic mass is 32.1. The van der Waals surface area contributed by atoms with Gasteiger partial charge in [0.1, 0.15) is 17.3 Å². The molecule has 0 spiro atoms. The zero-order valence-corrected chi connectivity index (χ0v) is 21.3. The lowest BCUT2D eigenvalue weighted by Crippen LogP contribution is -2.30. The predicted molar refractivity (Wildman–Crippen MR) is 143 cm³/mol. The maximum Gasteiger partial charge on any atom is 0.174 e. The van der Waals surface area contributed by atoms with Gasteiger partial charge in [0.2, 0.25) is 0 Å². The molecule has 1 aliphatic heterocycles. The van der Waals surface area contributed by atoms with Crippen LogP contribution in [0, 0.1) is 19.7 Å². The number of nitrogens with one attached hydrogen (secondary N) is 1. The van der Waals surface area contributed by atoms with Gasteiger partial charge < -0.3 is 24.3 Å². The van der Waals surface area contributed by atoms with E-state index in [0.717, 1.165) is 34.0 Å². The van der Waals surface area contributed by atoms with Crippen LogP contribution in [0.1, 0.15) is 34.7 Å². The number of pyridine rings is 1. The molecule has 1 N–H and O–H groups in total. The van der Waals surface area contributed by atoms with E-state index in [-0.39, 0.29) is 17.9 Å². The number of aryl methyl sites for hydroxylation is 1. The van der Waals surface area contributed by atoms with Crippen LogP contribution in [-0.2, 0) is 0 Å². The lowest BCUT2D eigenvalue weighted by molar-refractivity contribution is 0.403. The first-order chi connectivity index (χ1) is 17.4. The van der Waals surface area contributed by atoms with E-state index in [1.54, 1.807) is 32.5 Å². The summed E-state index contributed by atoms with van der Waals surface area (Å²) in [6, 6.07) is 19.8. The van der Waals surface area contributed by atoms with Crippen molar-refractivity contribution >= 4 is 23.0 Å². The molecular formula is C28H27FN4O2S. The quantitative estimate of drug-likeness (QED) is 0.335. The standard InChI is InChI=1S/C28H27FN4O2S/c1-17-14-22(18(2)32(17)20-9-7-8-19(29)15-20)27-26(23-10-5-6-13-30-23)31-28(36)33(27)24-16-21(34-3)11-12-25(24)35-4/h5-16,26-27H,1-4H3,(H,31,36). The number of anilines is 1. The summed E-state index contributed by atoms with van der Waals surface area (Å²) in [7, 11) is 3.27. The molecule has 0 saturated carbocycles. The highest BCUT2D eigenvalue weighted by Crippen LogP contribution is 2.47. The normalized spacial score (nSPS) is 17.2. The molecular weight excluding hydrogens is 475 g/mol. The van der Waals surface area contributed by atoms with Crippen LogP contribution in [-0.4, -0.2) is 28.9 Å². The molecule has 3 heterocycles. The number of benzene rings is 2. The Labute approximate surface area is 215 Å². The number of rotatable bonds is 6. The summed E-state index contributed by atoms with van der Waals surface area (Å²) in [6.45, 7) is 4.07. The third-order valence-corrected chi connectivity index (χ3v) is 6.91. The van der Waals surface area contributed by atoms with Crippen molar-refractivity contribution in [3.05, 3.63) is 101 Å². The molecule has 2 aromatic carbocycles. The van der Waals surface area contributed by atoms with Crippen LogP contribution in [0.5, 0.6) is 11.5 Å². The summed E-state index contributed by atoms with van der Waals surface area (Å²) in [5.74, 6) is 1.09. The van der Waals surface area contributed by atoms with E-state index in [1.807, 2.05) is 56.3 Å². The first-order valence-electron chi connectivity index (χ1n) is 11.6. The van der Waals surface area contributed by atoms with Gasteiger partial charge in [0.25, 0.3) is 0 Å². The number of halogens is 1. The van der Waals surface area contributed by atoms with E-state index in [1.165, 1.54) is 6.07 Å². The highest BCUT2D eigenvalue weighted by molar-refractivity contribution is 7.80. The van der Waals surface area contributed by atoms with Gasteiger partial charge in [-0.05, 0) is 80.2 Å². The third-order valence-electron chi connectivity index (χ3n) is 6.60. The minimum absolute atomic E-state index is 0.226. The maximum absolute atomic E-state index is 14.1. The van der Waals surface area contributed by atoms with Crippen molar-refractivity contribution in [1.82, 2.24) is 14.9 Å². The van der Waals surface area contributed by atoms with Crippen molar-refractivity contribution in [2.75, 3.05) is 19.1 Å². The van der Waals surface area contributed by atoms with Gasteiger partial charge in [0.15, 0.2) is 5.11 Å². The molecule has 8 heteroatoms. The van der Waals surface area contributed by atoms with Crippen molar-refractivity contribution in [1.29, 1.82) is 0 Å². The summed E-state index contributed by atoms with van der Waals surface area (Å²) in [4.78, 5) is 6.71. The van der Waals surface area contributed by atoms with Crippen LogP contribution >= 0.6 is 12.2 Å². The largest absolute Gasteiger partial charge is 0.497 e. The van der Waals surface area contributed by atoms with Gasteiger partial charge in [-0.2, -0.15) is 0 Å². The van der Waals surface area contributed by atoms with Crippen LogP contribution in [0.4, 0.5) is 10.1 Å². The molecule has 1 aliphatic rings. The monoisotopic (exact) mass is 502 g/mol. The number of ether oxygens (including phenoxy) is 2. The zero-order chi connectivity index (χ0) is 25.4. The van der Waals surface area contributed by atoms with Gasteiger partial charge in [-0.25, -0.2) is 4.39 Å². The molecule has 2 atom stereocenters. The van der Waals surface area contributed by atoms with E-state index >= 15 is 0 Å². The Hall–Kier alpha value is -3.91. The fraction of sp³-hybridized carbons (Fsp3) is 0.214. The molecule has 0 radical (unpaired) electrons. The van der Waals surface area contributed by atoms with Crippen LogP contribution in [0.25, 0.3) is 5.69 Å². The Balaban J connectivity index is 1.72. The third kappa shape index (κ3) is 4.07. The Kier molecular flexibility index (Phi) is 6.36. The molecule has 36 heavy (non-hydrogen) atoms. The van der Waals surface area contributed by atoms with Gasteiger partial charge in [-0.3, -0.25) is 4.98 Å². The second-order valence-electron chi connectivity index (χ2n) is 8.68. The molecule has 2 unspecified atom stereocenters. The van der Waals surface area contributed by atoms with Gasteiger partial charge in [0.05, 0.1) is 37.7 Å². The van der Waals surface area contributed by atoms with Crippen molar-refractivity contribution in [2.45, 2.75) is 25.9 Å². The molecule has 184 valence electrons. The SMILES string of the molecule is COc1ccc(OC)c(N2C(=S)NC(c3ccccn3)C2c2cc(C)n(-c3cccc(F)c3)c2C)c1. The zero-order valence-electron chi connectivity index (χ0n) is 20.5. The molecule has 2 aromatic heterocycles. The van der Waals surface area contributed by atoms with Crippen molar-refractivity contribution < 1.29 is 13.9 Å². The Bertz CT molecular complexity index is 1420. The maximum atomic E-state index is 14.1. The van der Waals surface area contributed by atoms with E-state index in [2.05, 4.69) is 25.8 Å². The van der Waals surface area contributed by atoms with E-state index < -0.39 is 0 Å². The lowest BCUT2D eigenvalue weighted by Gasteiger charge is -2.29. The number of hydrogen-bond acceptors (Lipinski definition) is 4. The fourth-order valence-electron chi connectivity index (χ4n) is 5.02. The smallest absolute Gasteiger partial charge is 0.174 e. The molecule has 4 aromatic rings. The van der Waals surface area contributed by atoms with Crippen molar-refractivity contribution in [2.24, 2.45) is 0 Å². The van der Waals surface area contributed by atoms with Crippen LogP contribution in [0.2, 0.25) is 0 Å². The van der Waals surface area contributed by atoms with Crippen LogP contribution < -0.4 is 19.7 Å². The van der Waals surface area contributed by atoms with E-state index in [4.69, 9.17) is 21.7 Å². The predicted octanol–water partition coefficient (Wildman–Crippen LogP) is 5.82. The second-order valence-corrected chi connectivity index (χ2v) is 9.06. The lowest BCUT2D eigenvalue weighted by atomic mass is 9.96. The molecule has 1 fully saturated rings. The molecule has 6 nitrogen and oxygen atoms in total. The van der Waals surface area contributed by atoms with E-state index in [9.17, 15) is 4.39 Å². The summed E-state index contributed by atoms with van der Waals surface area (Å²) in [5, 5.41) is 4.04. The molecule has 0 bridgehead atoms. The number of methoxy groups -OCH3 is 2. The van der Waals surface area contributed by atoms with Crippen LogP contribution in [0.15, 0.2) is 72.9 Å². The first kappa shape index (κ1) is 23.8. The Morgan fingerprint density at radius 2 is 1.81 bits per heavy atom. The summed E-state index contributed by atoms with van der Waals surface area (Å²) in [6.07, 6.45) is 1.78.